The monoisotopic (exact) mass is 397 g/mol. The predicted octanol–water partition coefficient (Wildman–Crippen LogP) is 3.40. The summed E-state index contributed by atoms with van der Waals surface area (Å²) in [7, 11) is 0. The van der Waals surface area contributed by atoms with Gasteiger partial charge in [-0.1, -0.05) is 41.9 Å². The molecule has 0 atom stereocenters. The van der Waals surface area contributed by atoms with E-state index >= 15 is 0 Å². The quantitative estimate of drug-likeness (QED) is 0.787. The van der Waals surface area contributed by atoms with Crippen LogP contribution in [0.4, 0.5) is 5.69 Å². The summed E-state index contributed by atoms with van der Waals surface area (Å²) in [5, 5.41) is 3.49. The van der Waals surface area contributed by atoms with Crippen LogP contribution in [0.1, 0.15) is 18.4 Å². The van der Waals surface area contributed by atoms with E-state index in [1.807, 2.05) is 23.1 Å². The molecule has 28 heavy (non-hydrogen) atoms. The first-order valence-corrected chi connectivity index (χ1v) is 10.1. The molecule has 0 spiro atoms. The van der Waals surface area contributed by atoms with Crippen LogP contribution in [0.5, 0.6) is 0 Å². The molecular formula is C22H24ClN3O2. The zero-order chi connectivity index (χ0) is 19.6. The number of nitrogens with zero attached hydrogens (tertiary/aromatic N) is 2. The highest BCUT2D eigenvalue weighted by Gasteiger charge is 2.58. The molecule has 146 valence electrons. The van der Waals surface area contributed by atoms with Crippen molar-refractivity contribution >= 4 is 29.1 Å². The first-order valence-electron chi connectivity index (χ1n) is 9.69. The van der Waals surface area contributed by atoms with Gasteiger partial charge in [0.1, 0.15) is 5.41 Å². The van der Waals surface area contributed by atoms with Crippen LogP contribution in [0.2, 0.25) is 5.02 Å². The second-order valence-electron chi connectivity index (χ2n) is 7.60. The third kappa shape index (κ3) is 4.05. The second kappa shape index (κ2) is 7.94. The fourth-order valence-electron chi connectivity index (χ4n) is 3.70. The molecule has 1 saturated carbocycles. The third-order valence-corrected chi connectivity index (χ3v) is 5.86. The van der Waals surface area contributed by atoms with E-state index in [1.54, 1.807) is 24.3 Å². The molecule has 6 heteroatoms. The van der Waals surface area contributed by atoms with E-state index in [1.165, 1.54) is 5.56 Å². The summed E-state index contributed by atoms with van der Waals surface area (Å²) >= 11 is 5.89. The number of hydrogen-bond donors (Lipinski definition) is 1. The van der Waals surface area contributed by atoms with Crippen LogP contribution in [0.25, 0.3) is 0 Å². The fourth-order valence-corrected chi connectivity index (χ4v) is 3.83. The standard InChI is InChI=1S/C22H24ClN3O2/c23-18-6-8-19(9-7-18)24-20(27)22(10-11-22)21(28)26-14-12-25(13-15-26)16-17-4-2-1-3-5-17/h1-9H,10-16H2,(H,24,27). The lowest BCUT2D eigenvalue weighted by molar-refractivity contribution is -0.143. The van der Waals surface area contributed by atoms with Gasteiger partial charge in [-0.25, -0.2) is 0 Å². The van der Waals surface area contributed by atoms with Gasteiger partial charge in [0.05, 0.1) is 0 Å². The lowest BCUT2D eigenvalue weighted by atomic mass is 10.0. The Labute approximate surface area is 170 Å². The van der Waals surface area contributed by atoms with Crippen molar-refractivity contribution in [1.29, 1.82) is 0 Å². The first kappa shape index (κ1) is 19.0. The Morgan fingerprint density at radius 3 is 2.18 bits per heavy atom. The average molecular weight is 398 g/mol. The molecule has 2 fully saturated rings. The number of nitrogens with one attached hydrogen (secondary N) is 1. The number of amides is 2. The molecule has 0 aromatic heterocycles. The molecule has 5 nitrogen and oxygen atoms in total. The number of hydrogen-bond acceptors (Lipinski definition) is 3. The van der Waals surface area contributed by atoms with Crippen LogP contribution < -0.4 is 5.32 Å². The average Bonchev–Trinajstić information content (AvgIpc) is 3.53. The summed E-state index contributed by atoms with van der Waals surface area (Å²) < 4.78 is 0. The highest BCUT2D eigenvalue weighted by Crippen LogP contribution is 2.48. The van der Waals surface area contributed by atoms with Crippen molar-refractivity contribution in [3.63, 3.8) is 0 Å². The fraction of sp³-hybridized carbons (Fsp3) is 0.364. The van der Waals surface area contributed by atoms with Crippen molar-refractivity contribution in [2.24, 2.45) is 5.41 Å². The topological polar surface area (TPSA) is 52.7 Å². The molecule has 1 aliphatic heterocycles. The zero-order valence-electron chi connectivity index (χ0n) is 15.7. The summed E-state index contributed by atoms with van der Waals surface area (Å²) in [6.07, 6.45) is 1.24. The Balaban J connectivity index is 1.33. The zero-order valence-corrected chi connectivity index (χ0v) is 16.5. The first-order chi connectivity index (χ1) is 13.6. The van der Waals surface area contributed by atoms with Crippen molar-refractivity contribution in [1.82, 2.24) is 9.80 Å². The molecular weight excluding hydrogens is 374 g/mol. The summed E-state index contributed by atoms with van der Waals surface area (Å²) in [6, 6.07) is 17.3. The maximum absolute atomic E-state index is 13.1. The summed E-state index contributed by atoms with van der Waals surface area (Å²) in [5.41, 5.74) is 1.06. The molecule has 4 rings (SSSR count). The van der Waals surface area contributed by atoms with Crippen molar-refractivity contribution in [2.75, 3.05) is 31.5 Å². The number of rotatable bonds is 5. The van der Waals surface area contributed by atoms with Gasteiger partial charge in [-0.3, -0.25) is 14.5 Å². The SMILES string of the molecule is O=C(Nc1ccc(Cl)cc1)C1(C(=O)N2CCN(Cc3ccccc3)CC2)CC1. The van der Waals surface area contributed by atoms with Gasteiger partial charge in [-0.05, 0) is 42.7 Å². The molecule has 1 aliphatic carbocycles. The molecule has 1 saturated heterocycles. The Morgan fingerprint density at radius 2 is 1.57 bits per heavy atom. The van der Waals surface area contributed by atoms with Gasteiger partial charge in [0.25, 0.3) is 0 Å². The normalized spacial score (nSPS) is 18.5. The molecule has 2 aromatic carbocycles. The minimum atomic E-state index is -0.888. The number of piperazine rings is 1. The third-order valence-electron chi connectivity index (χ3n) is 5.60. The largest absolute Gasteiger partial charge is 0.339 e. The highest BCUT2D eigenvalue weighted by atomic mass is 35.5. The van der Waals surface area contributed by atoms with Gasteiger partial charge in [-0.15, -0.1) is 0 Å². The number of halogens is 1. The molecule has 0 radical (unpaired) electrons. The van der Waals surface area contributed by atoms with Gasteiger partial charge in [0, 0.05) is 43.4 Å². The second-order valence-corrected chi connectivity index (χ2v) is 8.03. The van der Waals surface area contributed by atoms with Crippen molar-refractivity contribution < 1.29 is 9.59 Å². The Bertz CT molecular complexity index is 842. The number of benzene rings is 2. The van der Waals surface area contributed by atoms with E-state index in [9.17, 15) is 9.59 Å². The van der Waals surface area contributed by atoms with Gasteiger partial charge < -0.3 is 10.2 Å². The maximum Gasteiger partial charge on any atom is 0.240 e. The van der Waals surface area contributed by atoms with Crippen molar-refractivity contribution in [3.8, 4) is 0 Å². The van der Waals surface area contributed by atoms with Crippen LogP contribution >= 0.6 is 11.6 Å². The van der Waals surface area contributed by atoms with Crippen molar-refractivity contribution in [3.05, 3.63) is 65.2 Å². The highest BCUT2D eigenvalue weighted by molar-refractivity contribution is 6.30. The van der Waals surface area contributed by atoms with Gasteiger partial charge in [0.15, 0.2) is 0 Å². The summed E-state index contributed by atoms with van der Waals surface area (Å²) in [6.45, 7) is 3.89. The minimum Gasteiger partial charge on any atom is -0.339 e. The number of carbonyl (C=O) groups is 2. The van der Waals surface area contributed by atoms with Crippen LogP contribution in [0, 0.1) is 5.41 Å². The Hall–Kier alpha value is -2.37. The molecule has 2 aromatic rings. The summed E-state index contributed by atoms with van der Waals surface area (Å²) in [4.78, 5) is 30.0. The van der Waals surface area contributed by atoms with Gasteiger partial charge in [-0.2, -0.15) is 0 Å². The van der Waals surface area contributed by atoms with Gasteiger partial charge in [0.2, 0.25) is 11.8 Å². The van der Waals surface area contributed by atoms with E-state index < -0.39 is 5.41 Å². The number of carbonyl (C=O) groups excluding carboxylic acids is 2. The van der Waals surface area contributed by atoms with Crippen LogP contribution in [0.15, 0.2) is 54.6 Å². The molecule has 2 amide bonds. The molecule has 2 aliphatic rings. The van der Waals surface area contributed by atoms with E-state index in [-0.39, 0.29) is 11.8 Å². The molecule has 1 heterocycles. The minimum absolute atomic E-state index is 0.0293. The van der Waals surface area contributed by atoms with E-state index in [0.717, 1.165) is 19.6 Å². The lowest BCUT2D eigenvalue weighted by Gasteiger charge is -2.36. The van der Waals surface area contributed by atoms with Gasteiger partial charge >= 0.3 is 0 Å². The molecule has 1 N–H and O–H groups in total. The maximum atomic E-state index is 13.1. The predicted molar refractivity (Wildman–Crippen MR) is 110 cm³/mol. The lowest BCUT2D eigenvalue weighted by Crippen LogP contribution is -2.52. The van der Waals surface area contributed by atoms with E-state index in [2.05, 4.69) is 22.3 Å². The molecule has 0 unspecified atom stereocenters. The van der Waals surface area contributed by atoms with Crippen LogP contribution in [0.3, 0.4) is 0 Å². The van der Waals surface area contributed by atoms with Crippen LogP contribution in [-0.4, -0.2) is 47.8 Å². The molecule has 0 bridgehead atoms. The summed E-state index contributed by atoms with van der Waals surface area (Å²) in [5.74, 6) is -0.232. The smallest absolute Gasteiger partial charge is 0.240 e. The van der Waals surface area contributed by atoms with Crippen molar-refractivity contribution in [2.45, 2.75) is 19.4 Å². The number of anilines is 1. The van der Waals surface area contributed by atoms with Crippen LogP contribution in [-0.2, 0) is 16.1 Å². The van der Waals surface area contributed by atoms with E-state index in [4.69, 9.17) is 11.6 Å². The Morgan fingerprint density at radius 1 is 0.929 bits per heavy atom. The van der Waals surface area contributed by atoms with E-state index in [0.29, 0.717) is 36.6 Å². The Kier molecular flexibility index (Phi) is 5.38.